The molecular weight excluding hydrogens is 344 g/mol. The molecule has 1 aliphatic rings. The van der Waals surface area contributed by atoms with Gasteiger partial charge in [0.1, 0.15) is 0 Å². The van der Waals surface area contributed by atoms with Crippen LogP contribution in [0.25, 0.3) is 0 Å². The van der Waals surface area contributed by atoms with Gasteiger partial charge < -0.3 is 10.6 Å². The van der Waals surface area contributed by atoms with E-state index in [1.54, 1.807) is 16.4 Å². The summed E-state index contributed by atoms with van der Waals surface area (Å²) >= 11 is 1.79. The normalized spacial score (nSPS) is 19.8. The van der Waals surface area contributed by atoms with Gasteiger partial charge in [-0.2, -0.15) is 16.9 Å². The van der Waals surface area contributed by atoms with Crippen molar-refractivity contribution >= 4 is 35.8 Å². The molecule has 1 fully saturated rings. The van der Waals surface area contributed by atoms with Crippen LogP contribution in [-0.2, 0) is 17.6 Å². The standard InChI is InChI=1S/C17H22N4OS.ClH/c1-21-10-13(7-19-21)15-8-18-9-16(15)17(22)20-14-5-3-12(4-6-14)11-23-2;/h3-7,10,15-16,18H,8-9,11H2,1-2H3,(H,20,22);1H/t15-,16+;/m1./s1. The first-order valence-electron chi connectivity index (χ1n) is 7.75. The van der Waals surface area contributed by atoms with Crippen LogP contribution < -0.4 is 10.6 Å². The van der Waals surface area contributed by atoms with Gasteiger partial charge in [-0.25, -0.2) is 0 Å². The molecule has 1 saturated heterocycles. The average Bonchev–Trinajstić information content (AvgIpc) is 3.18. The van der Waals surface area contributed by atoms with Crippen LogP contribution in [0.4, 0.5) is 5.69 Å². The van der Waals surface area contributed by atoms with Crippen LogP contribution in [-0.4, -0.2) is 35.0 Å². The summed E-state index contributed by atoms with van der Waals surface area (Å²) in [4.78, 5) is 12.6. The van der Waals surface area contributed by atoms with Crippen LogP contribution in [0, 0.1) is 5.92 Å². The van der Waals surface area contributed by atoms with Crippen LogP contribution >= 0.6 is 24.2 Å². The smallest absolute Gasteiger partial charge is 0.229 e. The number of benzene rings is 1. The lowest BCUT2D eigenvalue weighted by Crippen LogP contribution is -2.28. The van der Waals surface area contributed by atoms with Gasteiger partial charge in [0, 0.05) is 43.7 Å². The van der Waals surface area contributed by atoms with E-state index in [9.17, 15) is 4.79 Å². The van der Waals surface area contributed by atoms with Crippen molar-refractivity contribution in [1.82, 2.24) is 15.1 Å². The fraction of sp³-hybridized carbons (Fsp3) is 0.412. The van der Waals surface area contributed by atoms with Crippen molar-refractivity contribution in [1.29, 1.82) is 0 Å². The third-order valence-electron chi connectivity index (χ3n) is 4.24. The highest BCUT2D eigenvalue weighted by Gasteiger charge is 2.34. The van der Waals surface area contributed by atoms with Gasteiger partial charge in [0.05, 0.1) is 12.1 Å². The third kappa shape index (κ3) is 4.32. The van der Waals surface area contributed by atoms with E-state index < -0.39 is 0 Å². The Bertz CT molecular complexity index is 673. The molecule has 2 N–H and O–H groups in total. The zero-order valence-electron chi connectivity index (χ0n) is 13.9. The summed E-state index contributed by atoms with van der Waals surface area (Å²) in [5.41, 5.74) is 3.25. The molecule has 2 aromatic rings. The molecule has 5 nitrogen and oxygen atoms in total. The highest BCUT2D eigenvalue weighted by atomic mass is 35.5. The van der Waals surface area contributed by atoms with Crippen molar-refractivity contribution in [2.24, 2.45) is 13.0 Å². The number of nitrogens with one attached hydrogen (secondary N) is 2. The molecule has 0 spiro atoms. The number of thioether (sulfide) groups is 1. The summed E-state index contributed by atoms with van der Waals surface area (Å²) in [6.45, 7) is 1.52. The summed E-state index contributed by atoms with van der Waals surface area (Å²) < 4.78 is 1.78. The molecule has 0 unspecified atom stereocenters. The molecule has 2 heterocycles. The zero-order chi connectivity index (χ0) is 16.2. The molecule has 0 aliphatic carbocycles. The molecule has 0 bridgehead atoms. The molecule has 0 radical (unpaired) electrons. The van der Waals surface area contributed by atoms with Gasteiger partial charge in [0.15, 0.2) is 0 Å². The summed E-state index contributed by atoms with van der Waals surface area (Å²) in [7, 11) is 1.90. The number of carbonyl (C=O) groups excluding carboxylic acids is 1. The number of anilines is 1. The summed E-state index contributed by atoms with van der Waals surface area (Å²) in [5.74, 6) is 1.18. The molecule has 130 valence electrons. The van der Waals surface area contributed by atoms with Crippen molar-refractivity contribution in [3.63, 3.8) is 0 Å². The van der Waals surface area contributed by atoms with Gasteiger partial charge in [-0.1, -0.05) is 12.1 Å². The second kappa shape index (κ2) is 8.55. The summed E-state index contributed by atoms with van der Waals surface area (Å²) in [6.07, 6.45) is 5.94. The maximum atomic E-state index is 12.6. The van der Waals surface area contributed by atoms with Crippen molar-refractivity contribution in [2.45, 2.75) is 11.7 Å². The maximum Gasteiger partial charge on any atom is 0.229 e. The molecular formula is C17H23ClN4OS. The number of halogens is 1. The minimum absolute atomic E-state index is 0. The van der Waals surface area contributed by atoms with Gasteiger partial charge >= 0.3 is 0 Å². The fourth-order valence-corrected chi connectivity index (χ4v) is 3.55. The van der Waals surface area contributed by atoms with E-state index in [0.29, 0.717) is 6.54 Å². The predicted molar refractivity (Wildman–Crippen MR) is 102 cm³/mol. The molecule has 1 aliphatic heterocycles. The van der Waals surface area contributed by atoms with Gasteiger partial charge in [0.2, 0.25) is 5.91 Å². The van der Waals surface area contributed by atoms with E-state index in [0.717, 1.165) is 23.5 Å². The fourth-order valence-electron chi connectivity index (χ4n) is 3.02. The van der Waals surface area contributed by atoms with Gasteiger partial charge in [-0.3, -0.25) is 9.48 Å². The second-order valence-corrected chi connectivity index (χ2v) is 6.80. The number of amides is 1. The first kappa shape index (κ1) is 18.8. The number of nitrogens with zero attached hydrogens (tertiary/aromatic N) is 2. The second-order valence-electron chi connectivity index (χ2n) is 5.94. The van der Waals surface area contributed by atoms with E-state index in [2.05, 4.69) is 34.1 Å². The van der Waals surface area contributed by atoms with Crippen molar-refractivity contribution in [3.8, 4) is 0 Å². The SMILES string of the molecule is CSCc1ccc(NC(=O)[C@H]2CNC[C@@H]2c2cnn(C)c2)cc1.Cl. The Kier molecular flexibility index (Phi) is 6.71. The summed E-state index contributed by atoms with van der Waals surface area (Å²) in [6, 6.07) is 8.09. The number of aryl methyl sites for hydroxylation is 1. The molecule has 1 aromatic heterocycles. The number of carbonyl (C=O) groups is 1. The number of rotatable bonds is 5. The van der Waals surface area contributed by atoms with E-state index in [-0.39, 0.29) is 30.2 Å². The zero-order valence-corrected chi connectivity index (χ0v) is 15.5. The van der Waals surface area contributed by atoms with E-state index in [1.165, 1.54) is 5.56 Å². The van der Waals surface area contributed by atoms with Crippen molar-refractivity contribution in [2.75, 3.05) is 24.7 Å². The lowest BCUT2D eigenvalue weighted by atomic mass is 9.90. The highest BCUT2D eigenvalue weighted by Crippen LogP contribution is 2.29. The van der Waals surface area contributed by atoms with E-state index >= 15 is 0 Å². The Balaban J connectivity index is 0.00000208. The minimum Gasteiger partial charge on any atom is -0.326 e. The minimum atomic E-state index is -0.0647. The summed E-state index contributed by atoms with van der Waals surface area (Å²) in [5, 5.41) is 10.6. The van der Waals surface area contributed by atoms with Gasteiger partial charge in [0.25, 0.3) is 0 Å². The molecule has 0 saturated carbocycles. The quantitative estimate of drug-likeness (QED) is 0.854. The predicted octanol–water partition coefficient (Wildman–Crippen LogP) is 2.65. The number of hydrogen-bond donors (Lipinski definition) is 2. The molecule has 1 amide bonds. The first-order valence-corrected chi connectivity index (χ1v) is 9.15. The van der Waals surface area contributed by atoms with Crippen molar-refractivity contribution < 1.29 is 4.79 Å². The maximum absolute atomic E-state index is 12.6. The van der Waals surface area contributed by atoms with E-state index in [1.807, 2.05) is 31.6 Å². The van der Waals surface area contributed by atoms with Crippen LogP contribution in [0.15, 0.2) is 36.7 Å². The lowest BCUT2D eigenvalue weighted by molar-refractivity contribution is -0.119. The molecule has 7 heteroatoms. The van der Waals surface area contributed by atoms with Crippen LogP contribution in [0.5, 0.6) is 0 Å². The van der Waals surface area contributed by atoms with Gasteiger partial charge in [-0.05, 0) is 29.5 Å². The third-order valence-corrected chi connectivity index (χ3v) is 4.86. The molecule has 24 heavy (non-hydrogen) atoms. The van der Waals surface area contributed by atoms with Crippen LogP contribution in [0.2, 0.25) is 0 Å². The Labute approximate surface area is 153 Å². The van der Waals surface area contributed by atoms with Gasteiger partial charge in [-0.15, -0.1) is 12.4 Å². The Morgan fingerprint density at radius 1 is 1.38 bits per heavy atom. The largest absolute Gasteiger partial charge is 0.326 e. The Hall–Kier alpha value is -1.50. The lowest BCUT2D eigenvalue weighted by Gasteiger charge is -2.17. The average molecular weight is 367 g/mol. The number of hydrogen-bond acceptors (Lipinski definition) is 4. The Morgan fingerprint density at radius 3 is 2.75 bits per heavy atom. The molecule has 3 rings (SSSR count). The number of aromatic nitrogens is 2. The van der Waals surface area contributed by atoms with E-state index in [4.69, 9.17) is 0 Å². The van der Waals surface area contributed by atoms with Crippen molar-refractivity contribution in [3.05, 3.63) is 47.8 Å². The Morgan fingerprint density at radius 2 is 2.12 bits per heavy atom. The monoisotopic (exact) mass is 366 g/mol. The first-order chi connectivity index (χ1) is 11.2. The highest BCUT2D eigenvalue weighted by molar-refractivity contribution is 7.97. The van der Waals surface area contributed by atoms with Crippen LogP contribution in [0.3, 0.4) is 0 Å². The topological polar surface area (TPSA) is 59.0 Å². The molecule has 2 atom stereocenters. The van der Waals surface area contributed by atoms with Crippen LogP contribution in [0.1, 0.15) is 17.0 Å². The molecule has 1 aromatic carbocycles.